The Bertz CT molecular complexity index is 1090. The predicted molar refractivity (Wildman–Crippen MR) is 131 cm³/mol. The third-order valence-electron chi connectivity index (χ3n) is 5.41. The summed E-state index contributed by atoms with van der Waals surface area (Å²) in [6.45, 7) is 4.22. The van der Waals surface area contributed by atoms with E-state index in [0.717, 1.165) is 37.7 Å². The quantitative estimate of drug-likeness (QED) is 0.616. The Labute approximate surface area is 203 Å². The maximum atomic E-state index is 9.55. The molecule has 0 bridgehead atoms. The van der Waals surface area contributed by atoms with Crippen molar-refractivity contribution in [2.24, 2.45) is 0 Å². The van der Waals surface area contributed by atoms with Crippen LogP contribution in [-0.2, 0) is 9.59 Å². The number of ether oxygens (including phenoxy) is 2. The number of methoxy groups -OCH3 is 2. The molecule has 0 amide bonds. The van der Waals surface area contributed by atoms with Crippen molar-refractivity contribution in [3.63, 3.8) is 0 Å². The predicted octanol–water partition coefficient (Wildman–Crippen LogP) is 3.63. The summed E-state index contributed by atoms with van der Waals surface area (Å²) in [5.41, 5.74) is 3.75. The van der Waals surface area contributed by atoms with E-state index in [1.54, 1.807) is 26.0 Å². The van der Waals surface area contributed by atoms with E-state index in [2.05, 4.69) is 59.3 Å². The van der Waals surface area contributed by atoms with Gasteiger partial charge in [-0.1, -0.05) is 30.0 Å². The van der Waals surface area contributed by atoms with Gasteiger partial charge in [0.1, 0.15) is 0 Å². The Morgan fingerprint density at radius 3 is 2.09 bits per heavy atom. The van der Waals surface area contributed by atoms with Crippen LogP contribution in [0, 0.1) is 0 Å². The summed E-state index contributed by atoms with van der Waals surface area (Å²) in [5, 5.41) is 15.6. The van der Waals surface area contributed by atoms with Gasteiger partial charge >= 0.3 is 11.9 Å². The maximum absolute atomic E-state index is 9.55. The summed E-state index contributed by atoms with van der Waals surface area (Å²) in [6.07, 6.45) is 3.44. The molecule has 2 N–H and O–H groups in total. The lowest BCUT2D eigenvalue weighted by molar-refractivity contribution is -0.134. The van der Waals surface area contributed by atoms with Gasteiger partial charge in [-0.25, -0.2) is 9.59 Å². The van der Waals surface area contributed by atoms with Crippen LogP contribution in [0.5, 0.6) is 11.5 Å². The fourth-order valence-electron chi connectivity index (χ4n) is 3.63. The number of carboxylic acid groups (broad SMARTS) is 2. The van der Waals surface area contributed by atoms with Crippen molar-refractivity contribution in [2.75, 3.05) is 47.4 Å². The molecule has 0 aromatic heterocycles. The van der Waals surface area contributed by atoms with Gasteiger partial charge in [-0.05, 0) is 36.9 Å². The van der Waals surface area contributed by atoms with Crippen molar-refractivity contribution in [1.29, 1.82) is 0 Å². The largest absolute Gasteiger partial charge is 0.493 e. The molecule has 0 saturated carbocycles. The summed E-state index contributed by atoms with van der Waals surface area (Å²) >= 11 is 1.80. The molecule has 2 aliphatic heterocycles. The van der Waals surface area contributed by atoms with Gasteiger partial charge in [-0.2, -0.15) is 0 Å². The molecule has 2 aromatic rings. The standard InChI is InChI=1S/C21H24N2O2S.C4H4O4/c1-22-8-10-23(11-9-22)17-12-15-6-4-5-7-20(15)26-21-14-19(25-3)18(24-2)13-16(17)21;5-3(6)1-2-4(7)8/h4-7,12-14H,8-11H2,1-3H3;1-2H,(H,5,6)(H,7,8)/b;2-1-. The van der Waals surface area contributed by atoms with E-state index in [1.807, 2.05) is 0 Å². The molecule has 8 nitrogen and oxygen atoms in total. The van der Waals surface area contributed by atoms with Crippen molar-refractivity contribution >= 4 is 35.5 Å². The van der Waals surface area contributed by atoms with Crippen molar-refractivity contribution < 1.29 is 29.3 Å². The summed E-state index contributed by atoms with van der Waals surface area (Å²) in [7, 11) is 5.57. The Morgan fingerprint density at radius 2 is 1.50 bits per heavy atom. The third kappa shape index (κ3) is 6.33. The molecule has 9 heteroatoms. The second kappa shape index (κ2) is 11.6. The molecule has 1 saturated heterocycles. The minimum atomic E-state index is -1.26. The topological polar surface area (TPSA) is 99.5 Å². The van der Waals surface area contributed by atoms with Crippen LogP contribution < -0.4 is 9.47 Å². The second-order valence-corrected chi connectivity index (χ2v) is 8.76. The Kier molecular flexibility index (Phi) is 8.61. The minimum absolute atomic E-state index is 0.558. The van der Waals surface area contributed by atoms with E-state index in [9.17, 15) is 9.59 Å². The molecule has 0 radical (unpaired) electrons. The average Bonchev–Trinajstić information content (AvgIpc) is 2.99. The second-order valence-electron chi connectivity index (χ2n) is 7.67. The molecular formula is C25H28N2O6S. The van der Waals surface area contributed by atoms with E-state index in [4.69, 9.17) is 19.7 Å². The highest BCUT2D eigenvalue weighted by molar-refractivity contribution is 7.99. The number of fused-ring (bicyclic) bond motifs is 2. The van der Waals surface area contributed by atoms with Crippen LogP contribution in [0.4, 0.5) is 0 Å². The van der Waals surface area contributed by atoms with Gasteiger partial charge in [0.25, 0.3) is 0 Å². The van der Waals surface area contributed by atoms with Gasteiger partial charge in [-0.15, -0.1) is 0 Å². The first-order valence-electron chi connectivity index (χ1n) is 10.6. The number of carbonyl (C=O) groups is 2. The molecule has 180 valence electrons. The number of piperazine rings is 1. The smallest absolute Gasteiger partial charge is 0.328 e. The number of hydrogen-bond acceptors (Lipinski definition) is 7. The number of carboxylic acids is 2. The summed E-state index contributed by atoms with van der Waals surface area (Å²) < 4.78 is 11.1. The van der Waals surface area contributed by atoms with Gasteiger partial charge < -0.3 is 29.5 Å². The van der Waals surface area contributed by atoms with Gasteiger partial charge in [0.05, 0.1) is 14.2 Å². The minimum Gasteiger partial charge on any atom is -0.493 e. The molecule has 1 fully saturated rings. The normalized spacial score (nSPS) is 15.3. The molecule has 2 heterocycles. The molecule has 0 unspecified atom stereocenters. The van der Waals surface area contributed by atoms with Crippen LogP contribution in [0.15, 0.2) is 58.3 Å². The molecule has 34 heavy (non-hydrogen) atoms. The van der Waals surface area contributed by atoms with Crippen LogP contribution in [0.2, 0.25) is 0 Å². The van der Waals surface area contributed by atoms with Crippen molar-refractivity contribution in [3.8, 4) is 11.5 Å². The van der Waals surface area contributed by atoms with Gasteiger partial charge in [0.15, 0.2) is 11.5 Å². The lowest BCUT2D eigenvalue weighted by atomic mass is 10.1. The number of aliphatic carboxylic acids is 2. The van der Waals surface area contributed by atoms with E-state index >= 15 is 0 Å². The van der Waals surface area contributed by atoms with Gasteiger partial charge in [-0.3, -0.25) is 0 Å². The van der Waals surface area contributed by atoms with E-state index in [1.165, 1.54) is 26.6 Å². The highest BCUT2D eigenvalue weighted by Gasteiger charge is 2.24. The molecule has 4 rings (SSSR count). The van der Waals surface area contributed by atoms with E-state index in [-0.39, 0.29) is 0 Å². The number of rotatable bonds is 5. The first-order valence-corrected chi connectivity index (χ1v) is 11.5. The van der Waals surface area contributed by atoms with Crippen molar-refractivity contribution in [3.05, 3.63) is 59.7 Å². The van der Waals surface area contributed by atoms with Crippen molar-refractivity contribution in [1.82, 2.24) is 9.80 Å². The summed E-state index contributed by atoms with van der Waals surface area (Å²) in [5.74, 6) is -0.964. The zero-order valence-corrected chi connectivity index (χ0v) is 20.2. The molecule has 2 aliphatic rings. The molecule has 2 aromatic carbocycles. The first-order chi connectivity index (χ1) is 16.3. The fourth-order valence-corrected chi connectivity index (χ4v) is 4.70. The van der Waals surface area contributed by atoms with Crippen LogP contribution in [0.25, 0.3) is 11.8 Å². The van der Waals surface area contributed by atoms with Crippen molar-refractivity contribution in [2.45, 2.75) is 9.79 Å². The number of nitrogens with zero attached hydrogens (tertiary/aromatic N) is 2. The van der Waals surface area contributed by atoms with Gasteiger partial charge in [0.2, 0.25) is 0 Å². The zero-order chi connectivity index (χ0) is 24.7. The lowest BCUT2D eigenvalue weighted by Gasteiger charge is -2.36. The fraction of sp³-hybridized carbons (Fsp3) is 0.280. The van der Waals surface area contributed by atoms with Crippen LogP contribution >= 0.6 is 11.8 Å². The SMILES string of the molecule is COc1cc2c(cc1OC)C(N1CCN(C)CC1)=Cc1ccccc1S2.O=C(O)/C=C\C(=O)O. The van der Waals surface area contributed by atoms with Crippen LogP contribution in [0.3, 0.4) is 0 Å². The monoisotopic (exact) mass is 484 g/mol. The highest BCUT2D eigenvalue weighted by atomic mass is 32.2. The van der Waals surface area contributed by atoms with Gasteiger partial charge in [0, 0.05) is 59.4 Å². The maximum Gasteiger partial charge on any atom is 0.328 e. The van der Waals surface area contributed by atoms with E-state index in [0.29, 0.717) is 12.2 Å². The highest BCUT2D eigenvalue weighted by Crippen LogP contribution is 2.45. The zero-order valence-electron chi connectivity index (χ0n) is 19.4. The Morgan fingerprint density at radius 1 is 0.912 bits per heavy atom. The Hall–Kier alpha value is -3.43. The molecule has 0 spiro atoms. The lowest BCUT2D eigenvalue weighted by Crippen LogP contribution is -2.43. The summed E-state index contributed by atoms with van der Waals surface area (Å²) in [6, 6.07) is 12.8. The summed E-state index contributed by atoms with van der Waals surface area (Å²) in [4.78, 5) is 26.5. The van der Waals surface area contributed by atoms with E-state index < -0.39 is 11.9 Å². The van der Waals surface area contributed by atoms with Crippen LogP contribution in [-0.4, -0.2) is 79.4 Å². The number of benzene rings is 2. The Balaban J connectivity index is 0.000000350. The first kappa shape index (κ1) is 25.2. The third-order valence-corrected chi connectivity index (χ3v) is 6.55. The van der Waals surface area contributed by atoms with Crippen LogP contribution in [0.1, 0.15) is 11.1 Å². The average molecular weight is 485 g/mol. The molecule has 0 aliphatic carbocycles. The number of hydrogen-bond donors (Lipinski definition) is 2. The number of likely N-dealkylation sites (N-methyl/N-ethyl adjacent to an activating group) is 1. The molecular weight excluding hydrogens is 456 g/mol. The molecule has 0 atom stereocenters.